The molecule has 1 aliphatic rings. The summed E-state index contributed by atoms with van der Waals surface area (Å²) in [6.45, 7) is 0. The third-order valence-electron chi connectivity index (χ3n) is 0.620. The Morgan fingerprint density at radius 2 is 1.33 bits per heavy atom. The Morgan fingerprint density at radius 3 is 1.44 bits per heavy atom. The van der Waals surface area contributed by atoms with Crippen LogP contribution in [0.25, 0.3) is 0 Å². The van der Waals surface area contributed by atoms with E-state index in [1.54, 1.807) is 0 Å². The van der Waals surface area contributed by atoms with Gasteiger partial charge in [0.05, 0.1) is 0 Å². The fourth-order valence-corrected chi connectivity index (χ4v) is 1.17. The molecule has 0 unspecified atom stereocenters. The van der Waals surface area contributed by atoms with Crippen LogP contribution in [0.5, 0.6) is 0 Å². The molecule has 0 radical (unpaired) electrons. The van der Waals surface area contributed by atoms with E-state index < -0.39 is 4.58 Å². The first kappa shape index (κ1) is 8.10. The average molecular weight is 212 g/mol. The van der Waals surface area contributed by atoms with Gasteiger partial charge in [0.15, 0.2) is 0 Å². The SMILES string of the molecule is ClN1NC(Cl)(Cl)NN1Cl. The van der Waals surface area contributed by atoms with Crippen LogP contribution < -0.4 is 10.9 Å². The topological polar surface area (TPSA) is 30.5 Å². The third kappa shape index (κ3) is 1.96. The van der Waals surface area contributed by atoms with Crippen LogP contribution in [0.15, 0.2) is 0 Å². The fraction of sp³-hybridized carbons (Fsp3) is 1.00. The van der Waals surface area contributed by atoms with Gasteiger partial charge in [0, 0.05) is 23.6 Å². The number of rotatable bonds is 0. The highest BCUT2D eigenvalue weighted by atomic mass is 35.5. The Labute approximate surface area is 71.7 Å². The van der Waals surface area contributed by atoms with Crippen LogP contribution in [-0.2, 0) is 0 Å². The number of nitrogens with one attached hydrogen (secondary N) is 2. The van der Waals surface area contributed by atoms with Gasteiger partial charge in [0.1, 0.15) is 0 Å². The monoisotopic (exact) mass is 210 g/mol. The van der Waals surface area contributed by atoms with Crippen molar-refractivity contribution in [1.82, 2.24) is 20.1 Å². The molecule has 0 saturated carbocycles. The molecule has 0 atom stereocenters. The molecule has 9 heavy (non-hydrogen) atoms. The number of hydrogen-bond acceptors (Lipinski definition) is 4. The van der Waals surface area contributed by atoms with Crippen molar-refractivity contribution in [3.63, 3.8) is 0 Å². The van der Waals surface area contributed by atoms with Gasteiger partial charge in [-0.05, 0) is 0 Å². The first-order valence-corrected chi connectivity index (χ1v) is 3.30. The summed E-state index contributed by atoms with van der Waals surface area (Å²) in [5, 5.41) is 0. The van der Waals surface area contributed by atoms with E-state index in [1.807, 2.05) is 0 Å². The second-order valence-electron chi connectivity index (χ2n) is 1.32. The normalized spacial score (nSPS) is 29.3. The second-order valence-corrected chi connectivity index (χ2v) is 3.29. The van der Waals surface area contributed by atoms with Gasteiger partial charge >= 0.3 is 0 Å². The molecular weight excluding hydrogens is 210 g/mol. The lowest BCUT2D eigenvalue weighted by Gasteiger charge is -2.07. The number of hydrazine groups is 3. The lowest BCUT2D eigenvalue weighted by Crippen LogP contribution is -2.38. The Kier molecular flexibility index (Phi) is 2.30. The molecule has 4 nitrogen and oxygen atoms in total. The van der Waals surface area contributed by atoms with Gasteiger partial charge in [0.25, 0.3) is 4.58 Å². The van der Waals surface area contributed by atoms with Gasteiger partial charge in [-0.3, -0.25) is 0 Å². The van der Waals surface area contributed by atoms with Gasteiger partial charge < -0.3 is 0 Å². The molecule has 0 bridgehead atoms. The quantitative estimate of drug-likeness (QED) is 0.355. The second kappa shape index (κ2) is 2.56. The lowest BCUT2D eigenvalue weighted by molar-refractivity contribution is 0.166. The molecule has 0 aliphatic carbocycles. The van der Waals surface area contributed by atoms with E-state index in [1.165, 1.54) is 0 Å². The molecule has 54 valence electrons. The van der Waals surface area contributed by atoms with Crippen LogP contribution in [-0.4, -0.2) is 13.9 Å². The van der Waals surface area contributed by atoms with Crippen molar-refractivity contribution < 1.29 is 0 Å². The summed E-state index contributed by atoms with van der Waals surface area (Å²) in [5.41, 5.74) is 4.71. The van der Waals surface area contributed by atoms with Crippen LogP contribution >= 0.6 is 46.8 Å². The number of halogens is 4. The number of nitrogens with zero attached hydrogens (tertiary/aromatic N) is 2. The van der Waals surface area contributed by atoms with Crippen LogP contribution in [0.1, 0.15) is 0 Å². The van der Waals surface area contributed by atoms with Crippen LogP contribution in [0.3, 0.4) is 0 Å². The largest absolute Gasteiger partial charge is 0.254 e. The van der Waals surface area contributed by atoms with Gasteiger partial charge in [-0.15, -0.1) is 0 Å². The van der Waals surface area contributed by atoms with E-state index >= 15 is 0 Å². The van der Waals surface area contributed by atoms with Crippen LogP contribution in [0, 0.1) is 0 Å². The molecule has 1 heterocycles. The third-order valence-corrected chi connectivity index (χ3v) is 1.51. The first-order chi connectivity index (χ1) is 4.01. The van der Waals surface area contributed by atoms with Crippen molar-refractivity contribution in [1.29, 1.82) is 0 Å². The molecule has 0 aromatic heterocycles. The van der Waals surface area contributed by atoms with Crippen molar-refractivity contribution >= 4 is 46.8 Å². The molecule has 1 fully saturated rings. The van der Waals surface area contributed by atoms with Crippen molar-refractivity contribution in [2.24, 2.45) is 0 Å². The molecular formula is CH2Cl4N4. The zero-order valence-corrected chi connectivity index (χ0v) is 6.93. The van der Waals surface area contributed by atoms with E-state index in [0.29, 0.717) is 0 Å². The van der Waals surface area contributed by atoms with Crippen molar-refractivity contribution in [3.8, 4) is 0 Å². The Bertz CT molecular complexity index is 103. The summed E-state index contributed by atoms with van der Waals surface area (Å²) in [6.07, 6.45) is 0. The minimum atomic E-state index is -1.33. The summed E-state index contributed by atoms with van der Waals surface area (Å²) >= 11 is 21.6. The maximum atomic E-state index is 5.45. The Hall–Kier alpha value is 1.000. The minimum Gasteiger partial charge on any atom is -0.176 e. The van der Waals surface area contributed by atoms with Crippen LogP contribution in [0.2, 0.25) is 0 Å². The molecule has 0 aromatic rings. The van der Waals surface area contributed by atoms with E-state index in [2.05, 4.69) is 10.9 Å². The molecule has 8 heteroatoms. The predicted molar refractivity (Wildman–Crippen MR) is 36.1 cm³/mol. The highest BCUT2D eigenvalue weighted by Gasteiger charge is 2.38. The molecule has 1 saturated heterocycles. The molecule has 2 N–H and O–H groups in total. The maximum absolute atomic E-state index is 5.45. The van der Waals surface area contributed by atoms with Gasteiger partial charge in [0.2, 0.25) is 0 Å². The molecule has 1 rings (SSSR count). The fourth-order valence-electron chi connectivity index (χ4n) is 0.345. The van der Waals surface area contributed by atoms with Gasteiger partial charge in [-0.25, -0.2) is 0 Å². The van der Waals surface area contributed by atoms with Gasteiger partial charge in [-0.2, -0.15) is 10.9 Å². The highest BCUT2D eigenvalue weighted by molar-refractivity contribution is 6.48. The van der Waals surface area contributed by atoms with Crippen molar-refractivity contribution in [2.75, 3.05) is 0 Å². The van der Waals surface area contributed by atoms with E-state index in [-0.39, 0.29) is 0 Å². The van der Waals surface area contributed by atoms with E-state index in [4.69, 9.17) is 46.8 Å². The van der Waals surface area contributed by atoms with Gasteiger partial charge in [-0.1, -0.05) is 32.5 Å². The molecule has 0 amide bonds. The Morgan fingerprint density at radius 1 is 1.00 bits per heavy atom. The summed E-state index contributed by atoms with van der Waals surface area (Å²) in [4.78, 5) is 0. The summed E-state index contributed by atoms with van der Waals surface area (Å²) < 4.78 is 0.423. The average Bonchev–Trinajstić information content (AvgIpc) is 1.79. The zero-order chi connectivity index (χ0) is 7.07. The van der Waals surface area contributed by atoms with E-state index in [0.717, 1.165) is 9.27 Å². The minimum absolute atomic E-state index is 0.877. The zero-order valence-electron chi connectivity index (χ0n) is 3.91. The van der Waals surface area contributed by atoms with Crippen molar-refractivity contribution in [3.05, 3.63) is 0 Å². The van der Waals surface area contributed by atoms with Crippen molar-refractivity contribution in [2.45, 2.75) is 4.58 Å². The summed E-state index contributed by atoms with van der Waals surface area (Å²) in [5.74, 6) is 0. The Balaban J connectivity index is 2.54. The summed E-state index contributed by atoms with van der Waals surface area (Å²) in [6, 6.07) is 0. The summed E-state index contributed by atoms with van der Waals surface area (Å²) in [7, 11) is 0. The molecule has 1 aliphatic heterocycles. The highest BCUT2D eigenvalue weighted by Crippen LogP contribution is 2.22. The number of alkyl halides is 2. The lowest BCUT2D eigenvalue weighted by atomic mass is 11.2. The maximum Gasteiger partial charge on any atom is 0.254 e. The molecule has 0 spiro atoms. The number of hydrogen-bond donors (Lipinski definition) is 2. The van der Waals surface area contributed by atoms with E-state index in [9.17, 15) is 0 Å². The molecule has 0 aromatic carbocycles. The van der Waals surface area contributed by atoms with Crippen LogP contribution in [0.4, 0.5) is 0 Å². The smallest absolute Gasteiger partial charge is 0.176 e. The predicted octanol–water partition coefficient (Wildman–Crippen LogP) is 0.925. The first-order valence-electron chi connectivity index (χ1n) is 1.86. The standard InChI is InChI=1S/CH2Cl4N4/c2-1(3)6-8(4)9(5)7-1/h6-7H.